The molecule has 11 heteroatoms. The quantitative estimate of drug-likeness (QED) is 0.0961. The number of carbonyl (C=O) groups is 1. The third-order valence-corrected chi connectivity index (χ3v) is 5.73. The number of rotatable bonds is 5. The Hall–Kier alpha value is -4.64. The lowest BCUT2D eigenvalue weighted by molar-refractivity contribution is -0.385. The summed E-state index contributed by atoms with van der Waals surface area (Å²) in [6, 6.07) is 18.1. The molecule has 36 heavy (non-hydrogen) atoms. The highest BCUT2D eigenvalue weighted by atomic mass is 79.9. The summed E-state index contributed by atoms with van der Waals surface area (Å²) in [6.07, 6.45) is 1.20. The molecule has 0 aliphatic carbocycles. The van der Waals surface area contributed by atoms with E-state index in [-0.39, 0.29) is 17.1 Å². The Kier molecular flexibility index (Phi) is 5.90. The monoisotopic (exact) mass is 546 g/mol. The second kappa shape index (κ2) is 9.19. The number of furan rings is 1. The summed E-state index contributed by atoms with van der Waals surface area (Å²) in [5.41, 5.74) is 0.261. The van der Waals surface area contributed by atoms with E-state index < -0.39 is 22.1 Å². The Morgan fingerprint density at radius 1 is 1.17 bits per heavy atom. The minimum absolute atomic E-state index is 0.124. The lowest BCUT2D eigenvalue weighted by Gasteiger charge is -2.08. The Labute approximate surface area is 210 Å². The predicted octanol–water partition coefficient (Wildman–Crippen LogP) is 5.29. The maximum Gasteiger partial charge on any atom is 0.312 e. The van der Waals surface area contributed by atoms with E-state index in [2.05, 4.69) is 26.0 Å². The van der Waals surface area contributed by atoms with Crippen molar-refractivity contribution < 1.29 is 18.9 Å². The number of esters is 1. The molecule has 5 aromatic rings. The fraction of sp³-hybridized carbons (Fsp3) is 0.0400. The molecule has 0 radical (unpaired) electrons. The van der Waals surface area contributed by atoms with Gasteiger partial charge in [0.05, 0.1) is 22.0 Å². The van der Waals surface area contributed by atoms with E-state index in [4.69, 9.17) is 9.15 Å². The first-order valence-electron chi connectivity index (χ1n) is 10.5. The largest absolute Gasteiger partial charge is 0.453 e. The molecule has 0 saturated carbocycles. The fourth-order valence-electron chi connectivity index (χ4n) is 3.68. The van der Waals surface area contributed by atoms with Crippen molar-refractivity contribution in [3.8, 4) is 17.3 Å². The van der Waals surface area contributed by atoms with E-state index in [9.17, 15) is 19.7 Å². The van der Waals surface area contributed by atoms with Gasteiger partial charge in [0, 0.05) is 28.4 Å². The number of aromatic nitrogens is 2. The van der Waals surface area contributed by atoms with Gasteiger partial charge in [-0.25, -0.2) is 4.98 Å². The summed E-state index contributed by atoms with van der Waals surface area (Å²) in [5.74, 6) is -0.600. The third-order valence-electron chi connectivity index (χ3n) is 5.23. The second-order valence-electron chi connectivity index (χ2n) is 7.65. The van der Waals surface area contributed by atoms with Gasteiger partial charge < -0.3 is 9.15 Å². The zero-order valence-electron chi connectivity index (χ0n) is 18.5. The van der Waals surface area contributed by atoms with Crippen LogP contribution in [0, 0.1) is 10.1 Å². The van der Waals surface area contributed by atoms with Crippen molar-refractivity contribution in [1.82, 2.24) is 9.66 Å². The summed E-state index contributed by atoms with van der Waals surface area (Å²) < 4.78 is 13.0. The normalized spacial score (nSPS) is 11.4. The minimum atomic E-state index is -0.738. The van der Waals surface area contributed by atoms with Crippen LogP contribution in [0.5, 0.6) is 5.75 Å². The van der Waals surface area contributed by atoms with Gasteiger partial charge in [0.15, 0.2) is 5.76 Å². The lowest BCUT2D eigenvalue weighted by atomic mass is 10.2. The first kappa shape index (κ1) is 23.1. The summed E-state index contributed by atoms with van der Waals surface area (Å²) in [5, 5.41) is 16.9. The molecule has 0 spiro atoms. The number of carbonyl (C=O) groups excluding carboxylic acids is 1. The molecule has 0 bridgehead atoms. The van der Waals surface area contributed by atoms with E-state index in [1.807, 2.05) is 12.1 Å². The Morgan fingerprint density at radius 2 is 1.97 bits per heavy atom. The van der Waals surface area contributed by atoms with Crippen LogP contribution in [-0.4, -0.2) is 26.8 Å². The maximum absolute atomic E-state index is 13.4. The van der Waals surface area contributed by atoms with Crippen LogP contribution in [0.4, 0.5) is 5.69 Å². The fourth-order valence-corrected chi connectivity index (χ4v) is 4.06. The highest BCUT2D eigenvalue weighted by molar-refractivity contribution is 9.10. The highest BCUT2D eigenvalue weighted by Crippen LogP contribution is 2.31. The third kappa shape index (κ3) is 4.27. The van der Waals surface area contributed by atoms with Crippen LogP contribution >= 0.6 is 15.9 Å². The lowest BCUT2D eigenvalue weighted by Crippen LogP contribution is -2.20. The number of ether oxygens (including phenoxy) is 1. The number of hydrogen-bond donors (Lipinski definition) is 0. The standard InChI is InChI=1S/C25H15BrN4O6/c1-14(31)35-23-15(5-4-8-20(23)30(33)34)13-27-29-24(28-19-7-3-2-6-18(19)25(29)32)22-12-16-11-17(26)9-10-21(16)36-22/h2-13H,1H3. The molecule has 10 nitrogen and oxygen atoms in total. The molecule has 0 aliphatic rings. The van der Waals surface area contributed by atoms with Crippen molar-refractivity contribution in [1.29, 1.82) is 0 Å². The number of hydrogen-bond acceptors (Lipinski definition) is 8. The average molecular weight is 547 g/mol. The number of fused-ring (bicyclic) bond motifs is 2. The molecule has 0 amide bonds. The summed E-state index contributed by atoms with van der Waals surface area (Å²) >= 11 is 3.43. The van der Waals surface area contributed by atoms with Crippen molar-refractivity contribution >= 4 is 55.7 Å². The zero-order valence-corrected chi connectivity index (χ0v) is 20.1. The molecular formula is C25H15BrN4O6. The van der Waals surface area contributed by atoms with Crippen LogP contribution in [0.15, 0.2) is 85.5 Å². The number of benzene rings is 3. The van der Waals surface area contributed by atoms with Crippen LogP contribution in [0.3, 0.4) is 0 Å². The molecule has 0 saturated heterocycles. The van der Waals surface area contributed by atoms with Crippen molar-refractivity contribution in [2.45, 2.75) is 6.92 Å². The molecule has 0 aliphatic heterocycles. The number of nitro benzene ring substituents is 1. The van der Waals surface area contributed by atoms with Gasteiger partial charge in [0.1, 0.15) is 5.58 Å². The summed E-state index contributed by atoms with van der Waals surface area (Å²) in [7, 11) is 0. The number of halogens is 1. The molecule has 0 unspecified atom stereocenters. The Bertz CT molecular complexity index is 1770. The predicted molar refractivity (Wildman–Crippen MR) is 136 cm³/mol. The Morgan fingerprint density at radius 3 is 2.75 bits per heavy atom. The van der Waals surface area contributed by atoms with Crippen molar-refractivity contribution in [2.24, 2.45) is 5.10 Å². The zero-order chi connectivity index (χ0) is 25.4. The van der Waals surface area contributed by atoms with Crippen LogP contribution in [0.1, 0.15) is 12.5 Å². The van der Waals surface area contributed by atoms with Crippen LogP contribution in [0.2, 0.25) is 0 Å². The smallest absolute Gasteiger partial charge is 0.312 e. The molecule has 0 fully saturated rings. The van der Waals surface area contributed by atoms with Crippen LogP contribution in [-0.2, 0) is 4.79 Å². The van der Waals surface area contributed by atoms with Gasteiger partial charge in [0.25, 0.3) is 5.56 Å². The molecular weight excluding hydrogens is 532 g/mol. The molecule has 0 atom stereocenters. The van der Waals surface area contributed by atoms with E-state index in [1.54, 1.807) is 36.4 Å². The van der Waals surface area contributed by atoms with E-state index in [1.165, 1.54) is 24.4 Å². The number of para-hydroxylation sites is 2. The van der Waals surface area contributed by atoms with Crippen LogP contribution < -0.4 is 10.3 Å². The first-order valence-corrected chi connectivity index (χ1v) is 11.3. The van der Waals surface area contributed by atoms with Gasteiger partial charge >= 0.3 is 11.7 Å². The molecule has 3 aromatic carbocycles. The van der Waals surface area contributed by atoms with E-state index >= 15 is 0 Å². The second-order valence-corrected chi connectivity index (χ2v) is 8.57. The first-order chi connectivity index (χ1) is 17.3. The van der Waals surface area contributed by atoms with Gasteiger partial charge in [-0.3, -0.25) is 19.7 Å². The molecule has 178 valence electrons. The van der Waals surface area contributed by atoms with E-state index in [0.717, 1.165) is 21.5 Å². The summed E-state index contributed by atoms with van der Waals surface area (Å²) in [4.78, 5) is 40.4. The maximum atomic E-state index is 13.4. The molecule has 2 aromatic heterocycles. The van der Waals surface area contributed by atoms with Gasteiger partial charge in [-0.1, -0.05) is 34.1 Å². The summed E-state index contributed by atoms with van der Waals surface area (Å²) in [6.45, 7) is 1.13. The molecule has 2 heterocycles. The van der Waals surface area contributed by atoms with Crippen LogP contribution in [0.25, 0.3) is 33.5 Å². The van der Waals surface area contributed by atoms with Gasteiger partial charge in [-0.05, 0) is 42.5 Å². The van der Waals surface area contributed by atoms with Gasteiger partial charge in [0.2, 0.25) is 11.6 Å². The minimum Gasteiger partial charge on any atom is -0.453 e. The average Bonchev–Trinajstić information content (AvgIpc) is 3.26. The van der Waals surface area contributed by atoms with E-state index in [0.29, 0.717) is 22.2 Å². The SMILES string of the molecule is CC(=O)Oc1c(C=Nn2c(-c3cc4cc(Br)ccc4o3)nc3ccccc3c2=O)cccc1[N+](=O)[O-]. The highest BCUT2D eigenvalue weighted by Gasteiger charge is 2.21. The number of nitrogens with zero attached hydrogens (tertiary/aromatic N) is 4. The van der Waals surface area contributed by atoms with Gasteiger partial charge in [-0.2, -0.15) is 9.78 Å². The topological polar surface area (TPSA) is 130 Å². The molecule has 0 N–H and O–H groups in total. The van der Waals surface area contributed by atoms with Crippen molar-refractivity contribution in [3.05, 3.63) is 97.2 Å². The number of nitro groups is 1. The Balaban J connectivity index is 1.73. The van der Waals surface area contributed by atoms with Crippen molar-refractivity contribution in [3.63, 3.8) is 0 Å². The van der Waals surface area contributed by atoms with Crippen molar-refractivity contribution in [2.75, 3.05) is 0 Å². The van der Waals surface area contributed by atoms with Gasteiger partial charge in [-0.15, -0.1) is 0 Å². The molecule has 5 rings (SSSR count).